The molecule has 0 aliphatic carbocycles. The third kappa shape index (κ3) is 4.09. The first-order chi connectivity index (χ1) is 8.43. The van der Waals surface area contributed by atoms with Gasteiger partial charge in [0.1, 0.15) is 0 Å². The van der Waals surface area contributed by atoms with Crippen molar-refractivity contribution in [1.29, 1.82) is 0 Å². The van der Waals surface area contributed by atoms with Crippen LogP contribution in [0.25, 0.3) is 0 Å². The minimum absolute atomic E-state index is 0.0823. The third-order valence-corrected chi connectivity index (χ3v) is 3.11. The van der Waals surface area contributed by atoms with Crippen LogP contribution in [0, 0.1) is 0 Å². The van der Waals surface area contributed by atoms with Crippen LogP contribution in [-0.2, 0) is 10.2 Å². The first-order valence-electron chi connectivity index (χ1n) is 6.35. The first kappa shape index (κ1) is 15.2. The molecule has 0 atom stereocenters. The molecule has 0 amide bonds. The molecule has 0 saturated carbocycles. The number of hydrogen-bond donors (Lipinski definition) is 2. The first-order valence-corrected chi connectivity index (χ1v) is 6.35. The van der Waals surface area contributed by atoms with Crippen LogP contribution >= 0.6 is 0 Å². The molecule has 0 radical (unpaired) electrons. The molecule has 0 fully saturated rings. The van der Waals surface area contributed by atoms with Crippen molar-refractivity contribution in [2.24, 2.45) is 0 Å². The van der Waals surface area contributed by atoms with Crippen molar-refractivity contribution in [1.82, 2.24) is 0 Å². The summed E-state index contributed by atoms with van der Waals surface area (Å²) >= 11 is 0. The highest BCUT2D eigenvalue weighted by atomic mass is 16.5. The van der Waals surface area contributed by atoms with E-state index >= 15 is 0 Å². The summed E-state index contributed by atoms with van der Waals surface area (Å²) in [5.74, 6) is 0. The lowest BCUT2D eigenvalue weighted by Gasteiger charge is -2.31. The molecular weight excluding hydrogens is 228 g/mol. The smallest absolute Gasteiger partial charge is 0.0598 e. The van der Waals surface area contributed by atoms with Gasteiger partial charge in [0.05, 0.1) is 18.8 Å². The Morgan fingerprint density at radius 1 is 1.00 bits per heavy atom. The van der Waals surface area contributed by atoms with Gasteiger partial charge in [-0.2, -0.15) is 0 Å². The molecule has 2 N–H and O–H groups in total. The molecule has 3 nitrogen and oxygen atoms in total. The Labute approximate surface area is 109 Å². The average molecular weight is 252 g/mol. The molecule has 1 rings (SSSR count). The topological polar surface area (TPSA) is 49.7 Å². The van der Waals surface area contributed by atoms with Crippen molar-refractivity contribution < 1.29 is 14.9 Å². The molecule has 102 valence electrons. The molecule has 0 aliphatic heterocycles. The van der Waals surface area contributed by atoms with Crippen LogP contribution in [0.3, 0.4) is 0 Å². The molecule has 0 bridgehead atoms. The van der Waals surface area contributed by atoms with E-state index in [4.69, 9.17) is 4.74 Å². The van der Waals surface area contributed by atoms with Gasteiger partial charge in [-0.1, -0.05) is 30.3 Å². The number of aliphatic hydroxyl groups excluding tert-OH is 2. The van der Waals surface area contributed by atoms with Gasteiger partial charge in [0.2, 0.25) is 0 Å². The zero-order chi connectivity index (χ0) is 13.6. The Bertz CT molecular complexity index is 337. The van der Waals surface area contributed by atoms with Crippen molar-refractivity contribution >= 4 is 0 Å². The third-order valence-electron chi connectivity index (χ3n) is 3.11. The molecule has 1 aromatic carbocycles. The second-order valence-electron chi connectivity index (χ2n) is 5.67. The van der Waals surface area contributed by atoms with E-state index in [1.807, 2.05) is 51.1 Å². The zero-order valence-electron chi connectivity index (χ0n) is 11.5. The molecule has 0 heterocycles. The maximum atomic E-state index is 9.64. The van der Waals surface area contributed by atoms with Crippen molar-refractivity contribution in [2.45, 2.75) is 38.2 Å². The molecular formula is C15H24O3. The molecule has 1 aromatic rings. The summed E-state index contributed by atoms with van der Waals surface area (Å²) in [6.45, 7) is 6.33. The lowest BCUT2D eigenvalue weighted by atomic mass is 9.79. The summed E-state index contributed by atoms with van der Waals surface area (Å²) in [5.41, 5.74) is 0.132. The van der Waals surface area contributed by atoms with Gasteiger partial charge in [0.15, 0.2) is 0 Å². The molecule has 0 saturated heterocycles. The van der Waals surface area contributed by atoms with Gasteiger partial charge in [-0.15, -0.1) is 0 Å². The van der Waals surface area contributed by atoms with Gasteiger partial charge in [-0.3, -0.25) is 0 Å². The van der Waals surface area contributed by atoms with Crippen LogP contribution in [0.2, 0.25) is 0 Å². The highest BCUT2D eigenvalue weighted by molar-refractivity contribution is 5.25. The van der Waals surface area contributed by atoms with Gasteiger partial charge < -0.3 is 14.9 Å². The van der Waals surface area contributed by atoms with Crippen LogP contribution in [0.5, 0.6) is 0 Å². The van der Waals surface area contributed by atoms with E-state index in [1.54, 1.807) is 0 Å². The normalized spacial score (nSPS) is 12.7. The monoisotopic (exact) mass is 252 g/mol. The predicted octanol–water partition coefficient (Wildman–Crippen LogP) is 2.11. The van der Waals surface area contributed by atoms with Gasteiger partial charge in [0.25, 0.3) is 0 Å². The minimum Gasteiger partial charge on any atom is -0.395 e. The molecule has 0 aromatic heterocycles. The summed E-state index contributed by atoms with van der Waals surface area (Å²) in [5, 5.41) is 19.3. The summed E-state index contributed by atoms with van der Waals surface area (Å²) in [7, 11) is 0. The Kier molecular flexibility index (Phi) is 5.32. The Hall–Kier alpha value is -0.900. The largest absolute Gasteiger partial charge is 0.395 e. The summed E-state index contributed by atoms with van der Waals surface area (Å²) in [6, 6.07) is 9.63. The van der Waals surface area contributed by atoms with Crippen LogP contribution in [-0.4, -0.2) is 35.6 Å². The molecule has 0 unspecified atom stereocenters. The second-order valence-corrected chi connectivity index (χ2v) is 5.67. The maximum absolute atomic E-state index is 9.64. The van der Waals surface area contributed by atoms with Crippen LogP contribution in [0.4, 0.5) is 0 Å². The molecule has 0 spiro atoms. The molecule has 18 heavy (non-hydrogen) atoms. The number of rotatable bonds is 6. The zero-order valence-corrected chi connectivity index (χ0v) is 11.5. The van der Waals surface area contributed by atoms with Crippen molar-refractivity contribution in [3.05, 3.63) is 35.9 Å². The van der Waals surface area contributed by atoms with Gasteiger partial charge in [0, 0.05) is 12.0 Å². The fraction of sp³-hybridized carbons (Fsp3) is 0.600. The highest BCUT2D eigenvalue weighted by Gasteiger charge is 2.31. The fourth-order valence-electron chi connectivity index (χ4n) is 1.88. The Morgan fingerprint density at radius 2 is 1.56 bits per heavy atom. The number of aliphatic hydroxyl groups is 2. The van der Waals surface area contributed by atoms with E-state index < -0.39 is 5.41 Å². The Morgan fingerprint density at radius 3 is 2.00 bits per heavy atom. The van der Waals surface area contributed by atoms with Crippen molar-refractivity contribution in [3.8, 4) is 0 Å². The van der Waals surface area contributed by atoms with Gasteiger partial charge in [-0.05, 0) is 32.8 Å². The van der Waals surface area contributed by atoms with E-state index in [-0.39, 0.29) is 18.8 Å². The van der Waals surface area contributed by atoms with Gasteiger partial charge >= 0.3 is 0 Å². The SMILES string of the molecule is CC(C)(C)OCCC(CO)(CO)c1ccccc1. The van der Waals surface area contributed by atoms with Crippen molar-refractivity contribution in [2.75, 3.05) is 19.8 Å². The van der Waals surface area contributed by atoms with E-state index in [0.29, 0.717) is 13.0 Å². The maximum Gasteiger partial charge on any atom is 0.0598 e. The van der Waals surface area contributed by atoms with E-state index in [9.17, 15) is 10.2 Å². The summed E-state index contributed by atoms with van der Waals surface area (Å²) < 4.78 is 5.69. The molecule has 3 heteroatoms. The quantitative estimate of drug-likeness (QED) is 0.815. The highest BCUT2D eigenvalue weighted by Crippen LogP contribution is 2.27. The summed E-state index contributed by atoms with van der Waals surface area (Å²) in [6.07, 6.45) is 0.598. The number of benzene rings is 1. The predicted molar refractivity (Wildman–Crippen MR) is 72.6 cm³/mol. The Balaban J connectivity index is 2.76. The van der Waals surface area contributed by atoms with E-state index in [0.717, 1.165) is 5.56 Å². The van der Waals surface area contributed by atoms with Gasteiger partial charge in [-0.25, -0.2) is 0 Å². The average Bonchev–Trinajstić information content (AvgIpc) is 2.35. The lowest BCUT2D eigenvalue weighted by Crippen LogP contribution is -2.37. The van der Waals surface area contributed by atoms with E-state index in [2.05, 4.69) is 0 Å². The summed E-state index contributed by atoms with van der Waals surface area (Å²) in [4.78, 5) is 0. The lowest BCUT2D eigenvalue weighted by molar-refractivity contribution is -0.0218. The second kappa shape index (κ2) is 6.32. The number of ether oxygens (including phenoxy) is 1. The van der Waals surface area contributed by atoms with Crippen molar-refractivity contribution in [3.63, 3.8) is 0 Å². The standard InChI is InChI=1S/C15H24O3/c1-14(2,3)18-10-9-15(11-16,12-17)13-7-5-4-6-8-13/h4-8,16-17H,9-12H2,1-3H3. The number of hydrogen-bond acceptors (Lipinski definition) is 3. The van der Waals surface area contributed by atoms with Crippen LogP contribution in [0.15, 0.2) is 30.3 Å². The van der Waals surface area contributed by atoms with Crippen LogP contribution in [0.1, 0.15) is 32.8 Å². The van der Waals surface area contributed by atoms with E-state index in [1.165, 1.54) is 0 Å². The minimum atomic E-state index is -0.619. The molecule has 0 aliphatic rings. The fourth-order valence-corrected chi connectivity index (χ4v) is 1.88. The van der Waals surface area contributed by atoms with Crippen LogP contribution < -0.4 is 0 Å².